The van der Waals surface area contributed by atoms with Crippen molar-refractivity contribution >= 4 is 50.1 Å². The van der Waals surface area contributed by atoms with Crippen LogP contribution in [-0.4, -0.2) is 79.9 Å². The van der Waals surface area contributed by atoms with Crippen molar-refractivity contribution in [1.29, 1.82) is 0 Å². The summed E-state index contributed by atoms with van der Waals surface area (Å²) < 4.78 is 35.4. The number of benzene rings is 2. The maximum Gasteiger partial charge on any atom is 0.258 e. The average molecular weight is 563 g/mol. The first-order valence-electron chi connectivity index (χ1n) is 13.8. The Labute approximate surface area is 234 Å². The Hall–Kier alpha value is -3.47. The molecule has 10 heteroatoms. The van der Waals surface area contributed by atoms with Gasteiger partial charge in [-0.25, -0.2) is 8.42 Å². The van der Waals surface area contributed by atoms with Gasteiger partial charge in [-0.3, -0.25) is 9.59 Å². The summed E-state index contributed by atoms with van der Waals surface area (Å²) in [5, 5.41) is 0.926. The summed E-state index contributed by atoms with van der Waals surface area (Å²) in [4.78, 5) is 30.3. The van der Waals surface area contributed by atoms with Crippen molar-refractivity contribution in [1.82, 2.24) is 13.8 Å². The number of nitrogens with zero attached hydrogens (tertiary/aromatic N) is 4. The van der Waals surface area contributed by atoms with Crippen LogP contribution in [0.25, 0.3) is 22.6 Å². The van der Waals surface area contributed by atoms with Gasteiger partial charge in [-0.15, -0.1) is 0 Å². The van der Waals surface area contributed by atoms with Crippen molar-refractivity contribution in [2.24, 2.45) is 0 Å². The van der Waals surface area contributed by atoms with Crippen LogP contribution < -0.4 is 4.90 Å². The van der Waals surface area contributed by atoms with Crippen molar-refractivity contribution in [3.63, 3.8) is 0 Å². The first-order valence-corrected chi connectivity index (χ1v) is 15.3. The van der Waals surface area contributed by atoms with Gasteiger partial charge in [0, 0.05) is 66.5 Å². The Morgan fingerprint density at radius 1 is 1.07 bits per heavy atom. The van der Waals surface area contributed by atoms with Crippen LogP contribution in [0.5, 0.6) is 0 Å². The van der Waals surface area contributed by atoms with Crippen LogP contribution in [0, 0.1) is 0 Å². The monoisotopic (exact) mass is 562 g/mol. The summed E-state index contributed by atoms with van der Waals surface area (Å²) in [6, 6.07) is 12.9. The Morgan fingerprint density at radius 3 is 2.62 bits per heavy atom. The minimum absolute atomic E-state index is 0.0899. The highest BCUT2D eigenvalue weighted by Gasteiger charge is 2.33. The molecule has 0 aliphatic carbocycles. The van der Waals surface area contributed by atoms with E-state index in [9.17, 15) is 18.0 Å². The SMILES string of the molecule is C[C@H]1CCCCN1C(=O)Cn1cc(/C=C2\C(=O)N(C)c3ccc(S(=O)(=O)N4CCOCC4)cc32)c2ccccc21. The maximum absolute atomic E-state index is 13.4. The Bertz CT molecular complexity index is 1620. The number of amides is 2. The second kappa shape index (κ2) is 10.5. The molecule has 2 amide bonds. The molecule has 0 radical (unpaired) electrons. The molecule has 3 aliphatic rings. The van der Waals surface area contributed by atoms with Crippen molar-refractivity contribution in [2.45, 2.75) is 43.7 Å². The minimum atomic E-state index is -3.72. The van der Waals surface area contributed by atoms with E-state index in [1.807, 2.05) is 46.0 Å². The third-order valence-corrected chi connectivity index (χ3v) is 10.2. The number of piperidine rings is 1. The highest BCUT2D eigenvalue weighted by atomic mass is 32.2. The van der Waals surface area contributed by atoms with Gasteiger partial charge in [0.15, 0.2) is 0 Å². The summed E-state index contributed by atoms with van der Waals surface area (Å²) >= 11 is 0. The average Bonchev–Trinajstić information content (AvgIpc) is 3.43. The van der Waals surface area contributed by atoms with Crippen LogP contribution in [0.15, 0.2) is 53.6 Å². The number of likely N-dealkylation sites (tertiary alicyclic amines) is 1. The lowest BCUT2D eigenvalue weighted by Gasteiger charge is -2.33. The third kappa shape index (κ3) is 4.63. The number of morpholine rings is 1. The lowest BCUT2D eigenvalue weighted by atomic mass is 10.0. The van der Waals surface area contributed by atoms with E-state index in [1.165, 1.54) is 4.31 Å². The van der Waals surface area contributed by atoms with Crippen molar-refractivity contribution in [3.05, 3.63) is 59.8 Å². The Kier molecular flexibility index (Phi) is 7.02. The second-order valence-corrected chi connectivity index (χ2v) is 12.7. The smallest absolute Gasteiger partial charge is 0.258 e. The summed E-state index contributed by atoms with van der Waals surface area (Å²) in [6.45, 7) is 4.43. The van der Waals surface area contributed by atoms with E-state index in [4.69, 9.17) is 4.74 Å². The molecule has 9 nitrogen and oxygen atoms in total. The number of anilines is 1. The quantitative estimate of drug-likeness (QED) is 0.444. The summed E-state index contributed by atoms with van der Waals surface area (Å²) in [6.07, 6.45) is 6.94. The van der Waals surface area contributed by atoms with Crippen molar-refractivity contribution < 1.29 is 22.7 Å². The van der Waals surface area contributed by atoms with E-state index in [1.54, 1.807) is 30.1 Å². The molecule has 0 spiro atoms. The number of sulfonamides is 1. The molecule has 1 atom stereocenters. The number of hydrogen-bond acceptors (Lipinski definition) is 5. The predicted molar refractivity (Wildman–Crippen MR) is 154 cm³/mol. The zero-order chi connectivity index (χ0) is 28.0. The van der Waals surface area contributed by atoms with E-state index in [2.05, 4.69) is 6.92 Å². The molecule has 40 heavy (non-hydrogen) atoms. The number of ether oxygens (including phenoxy) is 1. The molecule has 0 saturated carbocycles. The number of rotatable bonds is 5. The van der Waals surface area contributed by atoms with Gasteiger partial charge in [0.1, 0.15) is 6.54 Å². The summed E-state index contributed by atoms with van der Waals surface area (Å²) in [7, 11) is -2.03. The molecule has 0 N–H and O–H groups in total. The topological polar surface area (TPSA) is 92.2 Å². The molecular weight excluding hydrogens is 528 g/mol. The Morgan fingerprint density at radius 2 is 1.85 bits per heavy atom. The van der Waals surface area contributed by atoms with Crippen LogP contribution in [0.2, 0.25) is 0 Å². The third-order valence-electron chi connectivity index (χ3n) is 8.31. The van der Waals surface area contributed by atoms with Gasteiger partial charge < -0.3 is 19.1 Å². The van der Waals surface area contributed by atoms with Crippen molar-refractivity contribution in [3.8, 4) is 0 Å². The van der Waals surface area contributed by atoms with E-state index in [0.717, 1.165) is 42.3 Å². The first-order chi connectivity index (χ1) is 19.3. The van der Waals surface area contributed by atoms with Crippen LogP contribution >= 0.6 is 0 Å². The maximum atomic E-state index is 13.4. The number of fused-ring (bicyclic) bond motifs is 2. The van der Waals surface area contributed by atoms with Gasteiger partial charge in [-0.1, -0.05) is 18.2 Å². The molecule has 0 unspecified atom stereocenters. The van der Waals surface area contributed by atoms with Crippen LogP contribution in [0.4, 0.5) is 5.69 Å². The van der Waals surface area contributed by atoms with Gasteiger partial charge in [-0.05, 0) is 56.5 Å². The molecule has 3 aromatic rings. The fourth-order valence-corrected chi connectivity index (χ4v) is 7.48. The lowest BCUT2D eigenvalue weighted by Crippen LogP contribution is -2.43. The van der Waals surface area contributed by atoms with Gasteiger partial charge >= 0.3 is 0 Å². The predicted octanol–water partition coefficient (Wildman–Crippen LogP) is 3.58. The minimum Gasteiger partial charge on any atom is -0.379 e. The molecule has 0 bridgehead atoms. The molecule has 2 fully saturated rings. The molecule has 3 aliphatic heterocycles. The molecule has 1 aromatic heterocycles. The van der Waals surface area contributed by atoms with Gasteiger partial charge in [0.25, 0.3) is 5.91 Å². The molecule has 2 saturated heterocycles. The number of carbonyl (C=O) groups is 2. The highest BCUT2D eigenvalue weighted by molar-refractivity contribution is 7.89. The van der Waals surface area contributed by atoms with Gasteiger partial charge in [0.2, 0.25) is 15.9 Å². The second-order valence-electron chi connectivity index (χ2n) is 10.8. The largest absolute Gasteiger partial charge is 0.379 e. The van der Waals surface area contributed by atoms with Crippen molar-refractivity contribution in [2.75, 3.05) is 44.8 Å². The fourth-order valence-electron chi connectivity index (χ4n) is 6.05. The van der Waals surface area contributed by atoms with E-state index < -0.39 is 10.0 Å². The van der Waals surface area contributed by atoms with E-state index in [0.29, 0.717) is 43.1 Å². The van der Waals surface area contributed by atoms with E-state index in [-0.39, 0.29) is 29.3 Å². The van der Waals surface area contributed by atoms with Crippen LogP contribution in [0.1, 0.15) is 37.3 Å². The molecule has 2 aromatic carbocycles. The van der Waals surface area contributed by atoms with E-state index >= 15 is 0 Å². The first kappa shape index (κ1) is 26.7. The molecule has 6 rings (SSSR count). The number of hydrogen-bond donors (Lipinski definition) is 0. The zero-order valence-corrected chi connectivity index (χ0v) is 23.7. The summed E-state index contributed by atoms with van der Waals surface area (Å²) in [5.74, 6) is -0.113. The number of aromatic nitrogens is 1. The zero-order valence-electron chi connectivity index (χ0n) is 22.9. The fraction of sp³-hybridized carbons (Fsp3) is 0.400. The van der Waals surface area contributed by atoms with Gasteiger partial charge in [-0.2, -0.15) is 4.31 Å². The Balaban J connectivity index is 1.38. The van der Waals surface area contributed by atoms with Crippen LogP contribution in [-0.2, 0) is 30.9 Å². The summed E-state index contributed by atoms with van der Waals surface area (Å²) in [5.41, 5.74) is 3.39. The number of likely N-dealkylation sites (N-methyl/N-ethyl adjacent to an activating group) is 1. The van der Waals surface area contributed by atoms with Gasteiger partial charge in [0.05, 0.1) is 23.8 Å². The molecule has 4 heterocycles. The molecular formula is C30H34N4O5S. The molecule has 210 valence electrons. The standard InChI is InChI=1S/C30H34N4O5S/c1-21-7-5-6-12-34(21)29(35)20-32-19-22(24-8-3-4-9-28(24)32)17-26-25-18-23(10-11-27(25)31(2)30(26)36)40(37,38)33-13-15-39-16-14-33/h3-4,8-11,17-19,21H,5-7,12-16,20H2,1-2H3/b26-17-/t21-/m0/s1. The number of para-hydroxylation sites is 1. The lowest BCUT2D eigenvalue weighted by molar-refractivity contribution is -0.135. The number of carbonyl (C=O) groups excluding carboxylic acids is 2. The highest BCUT2D eigenvalue weighted by Crippen LogP contribution is 2.39. The van der Waals surface area contributed by atoms with Crippen LogP contribution in [0.3, 0.4) is 0 Å². The normalized spacial score (nSPS) is 21.4.